The van der Waals surface area contributed by atoms with Crippen LogP contribution in [0.15, 0.2) is 29.2 Å². The molecule has 3 rings (SSSR count). The Hall–Kier alpha value is -1.48. The van der Waals surface area contributed by atoms with Gasteiger partial charge < -0.3 is 15.0 Å². The third-order valence-electron chi connectivity index (χ3n) is 5.76. The molecule has 3 atom stereocenters. The number of anilines is 1. The van der Waals surface area contributed by atoms with Crippen LogP contribution in [-0.4, -0.2) is 64.1 Å². The molecule has 1 aromatic rings. The van der Waals surface area contributed by atoms with Crippen LogP contribution < -0.4 is 10.2 Å². The molecule has 0 saturated carbocycles. The fraction of sp³-hybridized carbons (Fsp3) is 0.650. The minimum Gasteiger partial charge on any atom is -0.379 e. The lowest BCUT2D eigenvalue weighted by Crippen LogP contribution is -3.18. The second-order valence-corrected chi connectivity index (χ2v) is 10.2. The first-order valence-electron chi connectivity index (χ1n) is 10.1. The molecule has 28 heavy (non-hydrogen) atoms. The number of amides is 1. The first-order valence-corrected chi connectivity index (χ1v) is 11.5. The average molecular weight is 411 g/mol. The molecule has 2 aliphatic rings. The van der Waals surface area contributed by atoms with E-state index in [9.17, 15) is 13.2 Å². The molecular formula is C20H32N3O4S+. The van der Waals surface area contributed by atoms with Crippen LogP contribution in [0.25, 0.3) is 0 Å². The van der Waals surface area contributed by atoms with Gasteiger partial charge in [0.2, 0.25) is 10.0 Å². The summed E-state index contributed by atoms with van der Waals surface area (Å²) < 4.78 is 32.0. The fourth-order valence-electron chi connectivity index (χ4n) is 4.27. The summed E-state index contributed by atoms with van der Waals surface area (Å²) in [4.78, 5) is 14.2. The molecule has 0 spiro atoms. The number of nitrogens with zero attached hydrogens (tertiary/aromatic N) is 1. The van der Waals surface area contributed by atoms with Crippen LogP contribution in [0.2, 0.25) is 0 Å². The van der Waals surface area contributed by atoms with E-state index < -0.39 is 10.0 Å². The zero-order chi connectivity index (χ0) is 20.3. The largest absolute Gasteiger partial charge is 0.379 e. The molecule has 1 aromatic carbocycles. The van der Waals surface area contributed by atoms with E-state index in [0.717, 1.165) is 13.1 Å². The number of likely N-dealkylation sites (tertiary alicyclic amines) is 1. The summed E-state index contributed by atoms with van der Waals surface area (Å²) in [7, 11) is -3.52. The molecule has 0 radical (unpaired) electrons. The summed E-state index contributed by atoms with van der Waals surface area (Å²) in [5.41, 5.74) is 0.621. The van der Waals surface area contributed by atoms with Crippen LogP contribution in [0.3, 0.4) is 0 Å². The van der Waals surface area contributed by atoms with E-state index in [4.69, 9.17) is 4.74 Å². The van der Waals surface area contributed by atoms with Gasteiger partial charge in [0.25, 0.3) is 5.91 Å². The van der Waals surface area contributed by atoms with E-state index in [1.807, 2.05) is 6.92 Å². The number of carbonyl (C=O) groups is 1. The van der Waals surface area contributed by atoms with Crippen molar-refractivity contribution in [2.24, 2.45) is 11.8 Å². The van der Waals surface area contributed by atoms with Gasteiger partial charge in [0.05, 0.1) is 31.2 Å². The summed E-state index contributed by atoms with van der Waals surface area (Å²) in [6.45, 7) is 10.0. The van der Waals surface area contributed by atoms with E-state index in [0.29, 0.717) is 43.8 Å². The number of hydrogen-bond acceptors (Lipinski definition) is 4. The SMILES string of the molecule is C[C@H]1C[C@H](C)C[NH+]([C@@H](C)C(=O)Nc2ccc(S(=O)(=O)N3CCOCC3)cc2)C1. The topological polar surface area (TPSA) is 80.2 Å². The van der Waals surface area contributed by atoms with Gasteiger partial charge in [-0.25, -0.2) is 8.42 Å². The van der Waals surface area contributed by atoms with Gasteiger partial charge in [-0.05, 0) is 37.6 Å². The van der Waals surface area contributed by atoms with Crippen molar-refractivity contribution in [3.63, 3.8) is 0 Å². The number of sulfonamides is 1. The summed E-state index contributed by atoms with van der Waals surface area (Å²) >= 11 is 0. The normalized spacial score (nSPS) is 27.9. The van der Waals surface area contributed by atoms with Gasteiger partial charge in [-0.2, -0.15) is 4.31 Å². The van der Waals surface area contributed by atoms with Crippen molar-refractivity contribution in [1.82, 2.24) is 4.31 Å². The lowest BCUT2D eigenvalue weighted by molar-refractivity contribution is -0.925. The Balaban J connectivity index is 1.62. The molecule has 156 valence electrons. The molecule has 2 N–H and O–H groups in total. The summed E-state index contributed by atoms with van der Waals surface area (Å²) in [6, 6.07) is 6.30. The Kier molecular flexibility index (Phi) is 6.75. The quantitative estimate of drug-likeness (QED) is 0.745. The predicted molar refractivity (Wildman–Crippen MR) is 108 cm³/mol. The highest BCUT2D eigenvalue weighted by molar-refractivity contribution is 7.89. The van der Waals surface area contributed by atoms with Crippen LogP contribution >= 0.6 is 0 Å². The number of hydrogen-bond donors (Lipinski definition) is 2. The third-order valence-corrected chi connectivity index (χ3v) is 7.67. The monoisotopic (exact) mass is 410 g/mol. The van der Waals surface area contributed by atoms with E-state index in [1.54, 1.807) is 24.3 Å². The molecule has 0 aromatic heterocycles. The second kappa shape index (κ2) is 8.90. The van der Waals surface area contributed by atoms with Crippen LogP contribution in [0.1, 0.15) is 27.2 Å². The van der Waals surface area contributed by atoms with Gasteiger partial charge in [-0.3, -0.25) is 4.79 Å². The van der Waals surface area contributed by atoms with Crippen molar-refractivity contribution in [1.29, 1.82) is 0 Å². The van der Waals surface area contributed by atoms with Crippen LogP contribution in [0.5, 0.6) is 0 Å². The Bertz CT molecular complexity index is 765. The minimum atomic E-state index is -3.52. The lowest BCUT2D eigenvalue weighted by Gasteiger charge is -2.35. The first kappa shape index (κ1) is 21.2. The highest BCUT2D eigenvalue weighted by Crippen LogP contribution is 2.19. The van der Waals surface area contributed by atoms with Crippen molar-refractivity contribution in [2.45, 2.75) is 38.1 Å². The van der Waals surface area contributed by atoms with Gasteiger partial charge in [-0.15, -0.1) is 0 Å². The van der Waals surface area contributed by atoms with Gasteiger partial charge in [-0.1, -0.05) is 13.8 Å². The first-order chi connectivity index (χ1) is 13.3. The molecule has 2 aliphatic heterocycles. The standard InChI is InChI=1S/C20H31N3O4S/c1-15-12-16(2)14-22(13-15)17(3)20(24)21-18-4-6-19(7-5-18)28(25,26)23-8-10-27-11-9-23/h4-7,15-17H,8-14H2,1-3H3,(H,21,24)/p+1/t15-,16-,17-/m0/s1. The third kappa shape index (κ3) is 4.92. The molecule has 1 amide bonds. The maximum absolute atomic E-state index is 12.7. The second-order valence-electron chi connectivity index (χ2n) is 8.26. The Labute approximate surface area is 168 Å². The van der Waals surface area contributed by atoms with Gasteiger partial charge >= 0.3 is 0 Å². The molecule has 2 fully saturated rings. The van der Waals surface area contributed by atoms with Crippen molar-refractivity contribution >= 4 is 21.6 Å². The zero-order valence-electron chi connectivity index (χ0n) is 17.0. The molecule has 2 saturated heterocycles. The number of benzene rings is 1. The Morgan fingerprint density at radius 2 is 1.71 bits per heavy atom. The lowest BCUT2D eigenvalue weighted by atomic mass is 9.91. The predicted octanol–water partition coefficient (Wildman–Crippen LogP) is 0.595. The molecule has 8 heteroatoms. The Morgan fingerprint density at radius 3 is 2.29 bits per heavy atom. The number of rotatable bonds is 5. The van der Waals surface area contributed by atoms with E-state index in [1.165, 1.54) is 15.6 Å². The van der Waals surface area contributed by atoms with Crippen LogP contribution in [0, 0.1) is 11.8 Å². The molecule has 7 nitrogen and oxygen atoms in total. The van der Waals surface area contributed by atoms with Gasteiger partial charge in [0.1, 0.15) is 0 Å². The van der Waals surface area contributed by atoms with E-state index in [2.05, 4.69) is 19.2 Å². The van der Waals surface area contributed by atoms with E-state index in [-0.39, 0.29) is 16.8 Å². The average Bonchev–Trinajstić information content (AvgIpc) is 2.67. The fourth-order valence-corrected chi connectivity index (χ4v) is 5.68. The zero-order valence-corrected chi connectivity index (χ0v) is 17.8. The summed E-state index contributed by atoms with van der Waals surface area (Å²) in [5, 5.41) is 2.94. The number of ether oxygens (including phenoxy) is 1. The molecule has 0 unspecified atom stereocenters. The van der Waals surface area contributed by atoms with Crippen molar-refractivity contribution in [3.05, 3.63) is 24.3 Å². The molecule has 0 bridgehead atoms. The highest BCUT2D eigenvalue weighted by Gasteiger charge is 2.32. The van der Waals surface area contributed by atoms with Crippen LogP contribution in [-0.2, 0) is 19.6 Å². The smallest absolute Gasteiger partial charge is 0.282 e. The van der Waals surface area contributed by atoms with Gasteiger partial charge in [0.15, 0.2) is 6.04 Å². The van der Waals surface area contributed by atoms with Crippen molar-refractivity contribution in [3.8, 4) is 0 Å². The summed E-state index contributed by atoms with van der Waals surface area (Å²) in [5.74, 6) is 1.22. The van der Waals surface area contributed by atoms with Crippen LogP contribution in [0.4, 0.5) is 5.69 Å². The van der Waals surface area contributed by atoms with Crippen molar-refractivity contribution in [2.75, 3.05) is 44.7 Å². The van der Waals surface area contributed by atoms with Crippen molar-refractivity contribution < 1.29 is 22.8 Å². The van der Waals surface area contributed by atoms with Gasteiger partial charge in [0, 0.05) is 30.6 Å². The Morgan fingerprint density at radius 1 is 1.14 bits per heavy atom. The maximum atomic E-state index is 12.7. The molecule has 0 aliphatic carbocycles. The number of carbonyl (C=O) groups excluding carboxylic acids is 1. The number of morpholine rings is 1. The molecular weight excluding hydrogens is 378 g/mol. The maximum Gasteiger partial charge on any atom is 0.282 e. The van der Waals surface area contributed by atoms with E-state index >= 15 is 0 Å². The summed E-state index contributed by atoms with van der Waals surface area (Å²) in [6.07, 6.45) is 1.22. The number of quaternary nitrogens is 1. The number of nitrogens with one attached hydrogen (secondary N) is 2. The molecule has 2 heterocycles. The number of piperidine rings is 1. The minimum absolute atomic E-state index is 0.0277. The highest BCUT2D eigenvalue weighted by atomic mass is 32.2.